The number of ether oxygens (including phenoxy) is 2. The SMILES string of the molecule is CC(=O)OCCCN1CCOc2c(O)cc(-c3ccccc3C)cc2C1. The first-order valence-corrected chi connectivity index (χ1v) is 8.95. The van der Waals surface area contributed by atoms with E-state index in [4.69, 9.17) is 9.47 Å². The Balaban J connectivity index is 1.79. The Hall–Kier alpha value is -2.53. The predicted octanol–water partition coefficient (Wildman–Crippen LogP) is 3.52. The molecule has 2 aromatic rings. The molecule has 0 atom stereocenters. The standard InChI is InChI=1S/C21H25NO4/c1-15-6-3-4-7-19(15)17-12-18-14-22(8-5-10-25-16(2)23)9-11-26-21(18)20(24)13-17/h3-4,6-7,12-13,24H,5,8-11,14H2,1-2H3. The van der Waals surface area contributed by atoms with E-state index >= 15 is 0 Å². The van der Waals surface area contributed by atoms with Crippen LogP contribution in [0, 0.1) is 6.92 Å². The molecule has 0 aromatic heterocycles. The number of phenols is 1. The molecule has 0 spiro atoms. The van der Waals surface area contributed by atoms with Gasteiger partial charge in [0.2, 0.25) is 0 Å². The molecule has 0 amide bonds. The number of phenolic OH excluding ortho intramolecular Hbond substituents is 1. The van der Waals surface area contributed by atoms with E-state index in [1.807, 2.05) is 12.1 Å². The second kappa shape index (κ2) is 8.23. The molecule has 0 saturated heterocycles. The fourth-order valence-electron chi connectivity index (χ4n) is 3.30. The molecule has 138 valence electrons. The van der Waals surface area contributed by atoms with Gasteiger partial charge in [0.25, 0.3) is 0 Å². The van der Waals surface area contributed by atoms with Gasteiger partial charge in [-0.2, -0.15) is 0 Å². The maximum absolute atomic E-state index is 10.9. The van der Waals surface area contributed by atoms with E-state index in [-0.39, 0.29) is 11.7 Å². The van der Waals surface area contributed by atoms with Crippen LogP contribution < -0.4 is 4.74 Å². The van der Waals surface area contributed by atoms with Crippen molar-refractivity contribution in [2.24, 2.45) is 0 Å². The summed E-state index contributed by atoms with van der Waals surface area (Å²) >= 11 is 0. The minimum atomic E-state index is -0.248. The van der Waals surface area contributed by atoms with Gasteiger partial charge in [-0.15, -0.1) is 0 Å². The third-order valence-corrected chi connectivity index (χ3v) is 4.57. The topological polar surface area (TPSA) is 59.0 Å². The van der Waals surface area contributed by atoms with Crippen LogP contribution in [-0.4, -0.2) is 42.3 Å². The molecular formula is C21H25NO4. The van der Waals surface area contributed by atoms with Gasteiger partial charge in [-0.1, -0.05) is 24.3 Å². The highest BCUT2D eigenvalue weighted by Gasteiger charge is 2.20. The highest BCUT2D eigenvalue weighted by Crippen LogP contribution is 2.38. The van der Waals surface area contributed by atoms with E-state index in [1.165, 1.54) is 12.5 Å². The molecular weight excluding hydrogens is 330 g/mol. The van der Waals surface area contributed by atoms with E-state index < -0.39 is 0 Å². The summed E-state index contributed by atoms with van der Waals surface area (Å²) < 4.78 is 10.8. The van der Waals surface area contributed by atoms with Crippen molar-refractivity contribution < 1.29 is 19.4 Å². The molecule has 0 radical (unpaired) electrons. The number of hydrogen-bond acceptors (Lipinski definition) is 5. The lowest BCUT2D eigenvalue weighted by Gasteiger charge is -2.19. The molecule has 2 aromatic carbocycles. The number of carbonyl (C=O) groups is 1. The Labute approximate surface area is 154 Å². The minimum Gasteiger partial charge on any atom is -0.504 e. The van der Waals surface area contributed by atoms with Crippen LogP contribution in [0.15, 0.2) is 36.4 Å². The number of esters is 1. The Morgan fingerprint density at radius 2 is 2.12 bits per heavy atom. The Bertz CT molecular complexity index is 788. The first-order chi connectivity index (χ1) is 12.5. The van der Waals surface area contributed by atoms with Crippen molar-refractivity contribution in [3.8, 4) is 22.6 Å². The van der Waals surface area contributed by atoms with Crippen LogP contribution in [0.2, 0.25) is 0 Å². The Morgan fingerprint density at radius 3 is 2.88 bits per heavy atom. The zero-order valence-corrected chi connectivity index (χ0v) is 15.3. The zero-order valence-electron chi connectivity index (χ0n) is 15.3. The molecule has 1 aliphatic rings. The monoisotopic (exact) mass is 355 g/mol. The average molecular weight is 355 g/mol. The van der Waals surface area contributed by atoms with Crippen LogP contribution >= 0.6 is 0 Å². The van der Waals surface area contributed by atoms with Gasteiger partial charge in [0.05, 0.1) is 6.61 Å². The number of fused-ring (bicyclic) bond motifs is 1. The second-order valence-electron chi connectivity index (χ2n) is 6.62. The predicted molar refractivity (Wildman–Crippen MR) is 100 cm³/mol. The van der Waals surface area contributed by atoms with Gasteiger partial charge in [-0.3, -0.25) is 9.69 Å². The van der Waals surface area contributed by atoms with Crippen LogP contribution in [-0.2, 0) is 16.1 Å². The third-order valence-electron chi connectivity index (χ3n) is 4.57. The molecule has 5 heteroatoms. The lowest BCUT2D eigenvalue weighted by molar-refractivity contribution is -0.141. The molecule has 26 heavy (non-hydrogen) atoms. The highest BCUT2D eigenvalue weighted by atomic mass is 16.5. The van der Waals surface area contributed by atoms with Gasteiger partial charge >= 0.3 is 5.97 Å². The maximum Gasteiger partial charge on any atom is 0.302 e. The fourth-order valence-corrected chi connectivity index (χ4v) is 3.30. The fraction of sp³-hybridized carbons (Fsp3) is 0.381. The zero-order chi connectivity index (χ0) is 18.5. The number of carbonyl (C=O) groups excluding carboxylic acids is 1. The molecule has 0 unspecified atom stereocenters. The van der Waals surface area contributed by atoms with Gasteiger partial charge in [-0.05, 0) is 42.2 Å². The largest absolute Gasteiger partial charge is 0.504 e. The average Bonchev–Trinajstić information content (AvgIpc) is 2.81. The molecule has 0 bridgehead atoms. The Morgan fingerprint density at radius 1 is 1.31 bits per heavy atom. The lowest BCUT2D eigenvalue weighted by Crippen LogP contribution is -2.27. The molecule has 0 saturated carbocycles. The normalized spacial score (nSPS) is 14.2. The van der Waals surface area contributed by atoms with Crippen molar-refractivity contribution in [3.05, 3.63) is 47.5 Å². The highest BCUT2D eigenvalue weighted by molar-refractivity contribution is 5.71. The number of aryl methyl sites for hydroxylation is 1. The summed E-state index contributed by atoms with van der Waals surface area (Å²) in [6, 6.07) is 12.0. The smallest absolute Gasteiger partial charge is 0.302 e. The first-order valence-electron chi connectivity index (χ1n) is 8.95. The van der Waals surface area contributed by atoms with Gasteiger partial charge in [0.1, 0.15) is 6.61 Å². The summed E-state index contributed by atoms with van der Waals surface area (Å²) in [6.07, 6.45) is 0.776. The van der Waals surface area contributed by atoms with Crippen LogP contribution in [0.1, 0.15) is 24.5 Å². The van der Waals surface area contributed by atoms with Crippen molar-refractivity contribution in [2.45, 2.75) is 26.8 Å². The van der Waals surface area contributed by atoms with Crippen molar-refractivity contribution in [1.29, 1.82) is 0 Å². The number of benzene rings is 2. The van der Waals surface area contributed by atoms with Gasteiger partial charge in [0, 0.05) is 32.1 Å². The van der Waals surface area contributed by atoms with Crippen molar-refractivity contribution >= 4 is 5.97 Å². The van der Waals surface area contributed by atoms with Gasteiger partial charge in [0.15, 0.2) is 11.5 Å². The second-order valence-corrected chi connectivity index (χ2v) is 6.62. The number of aromatic hydroxyl groups is 1. The number of nitrogens with zero attached hydrogens (tertiary/aromatic N) is 1. The summed E-state index contributed by atoms with van der Waals surface area (Å²) in [7, 11) is 0. The molecule has 1 heterocycles. The van der Waals surface area contributed by atoms with Crippen LogP contribution in [0.4, 0.5) is 0 Å². The summed E-state index contributed by atoms with van der Waals surface area (Å²) in [6.45, 7) is 6.72. The van der Waals surface area contributed by atoms with E-state index in [2.05, 4.69) is 30.0 Å². The third kappa shape index (κ3) is 4.35. The van der Waals surface area contributed by atoms with Crippen molar-refractivity contribution in [3.63, 3.8) is 0 Å². The molecule has 1 aliphatic heterocycles. The first kappa shape index (κ1) is 18.3. The van der Waals surface area contributed by atoms with Gasteiger partial charge < -0.3 is 14.6 Å². The van der Waals surface area contributed by atoms with E-state index in [0.29, 0.717) is 25.5 Å². The maximum atomic E-state index is 10.9. The Kier molecular flexibility index (Phi) is 5.78. The number of rotatable bonds is 5. The van der Waals surface area contributed by atoms with Crippen molar-refractivity contribution in [1.82, 2.24) is 4.90 Å². The molecule has 0 fully saturated rings. The van der Waals surface area contributed by atoms with E-state index in [0.717, 1.165) is 36.2 Å². The number of hydrogen-bond donors (Lipinski definition) is 1. The van der Waals surface area contributed by atoms with Crippen molar-refractivity contribution in [2.75, 3.05) is 26.3 Å². The summed E-state index contributed by atoms with van der Waals surface area (Å²) in [5.41, 5.74) is 4.24. The van der Waals surface area contributed by atoms with E-state index in [1.54, 1.807) is 6.07 Å². The molecule has 0 aliphatic carbocycles. The van der Waals surface area contributed by atoms with Gasteiger partial charge in [-0.25, -0.2) is 0 Å². The van der Waals surface area contributed by atoms with Crippen LogP contribution in [0.5, 0.6) is 11.5 Å². The summed E-state index contributed by atoms with van der Waals surface area (Å²) in [4.78, 5) is 13.1. The van der Waals surface area contributed by atoms with Crippen LogP contribution in [0.25, 0.3) is 11.1 Å². The lowest BCUT2D eigenvalue weighted by atomic mass is 9.98. The molecule has 1 N–H and O–H groups in total. The minimum absolute atomic E-state index is 0.183. The van der Waals surface area contributed by atoms with Crippen LogP contribution in [0.3, 0.4) is 0 Å². The summed E-state index contributed by atoms with van der Waals surface area (Å²) in [5, 5.41) is 10.5. The quantitative estimate of drug-likeness (QED) is 0.657. The molecule has 5 nitrogen and oxygen atoms in total. The van der Waals surface area contributed by atoms with E-state index in [9.17, 15) is 9.90 Å². The summed E-state index contributed by atoms with van der Waals surface area (Å²) in [5.74, 6) is 0.509. The molecule has 3 rings (SSSR count).